The van der Waals surface area contributed by atoms with Gasteiger partial charge in [-0.05, 0) is 18.2 Å². The summed E-state index contributed by atoms with van der Waals surface area (Å²) in [6.45, 7) is 0.297. The maximum Gasteiger partial charge on any atom is 1.00 e. The van der Waals surface area contributed by atoms with Gasteiger partial charge >= 0.3 is 18.9 Å². The molecule has 1 unspecified atom stereocenters. The van der Waals surface area contributed by atoms with Crippen molar-refractivity contribution in [1.82, 2.24) is 0 Å². The van der Waals surface area contributed by atoms with Crippen LogP contribution >= 0.6 is 15.9 Å². The number of likely N-dealkylation sites (N-methyl/N-ethyl adjacent to an activating group) is 1. The van der Waals surface area contributed by atoms with E-state index in [4.69, 9.17) is 4.74 Å². The molecular formula is C10H9BrLiNO3. The second-order valence-corrected chi connectivity index (χ2v) is 4.33. The summed E-state index contributed by atoms with van der Waals surface area (Å²) in [5, 5.41) is 10.7. The Morgan fingerprint density at radius 2 is 2.31 bits per heavy atom. The van der Waals surface area contributed by atoms with E-state index in [0.717, 1.165) is 10.2 Å². The Kier molecular flexibility index (Phi) is 4.31. The zero-order valence-corrected chi connectivity index (χ0v) is 10.7. The van der Waals surface area contributed by atoms with Gasteiger partial charge in [-0.3, -0.25) is 0 Å². The standard InChI is InChI=1S/C10H10BrNO3.Li/c1-12-5-9(10(13)14)15-8-3-2-6(11)4-7(8)12;/h2-4,9H,5H2,1H3,(H,13,14);/q;+1/p-1. The maximum atomic E-state index is 10.7. The van der Waals surface area contributed by atoms with Crippen LogP contribution in [-0.2, 0) is 4.79 Å². The number of carbonyl (C=O) groups is 1. The van der Waals surface area contributed by atoms with E-state index in [1.807, 2.05) is 24.1 Å². The topological polar surface area (TPSA) is 52.6 Å². The van der Waals surface area contributed by atoms with Crippen molar-refractivity contribution in [2.75, 3.05) is 18.5 Å². The van der Waals surface area contributed by atoms with Crippen molar-refractivity contribution in [2.45, 2.75) is 6.10 Å². The van der Waals surface area contributed by atoms with E-state index in [1.54, 1.807) is 6.07 Å². The van der Waals surface area contributed by atoms with E-state index in [1.165, 1.54) is 0 Å². The molecule has 0 aliphatic carbocycles. The predicted molar refractivity (Wildman–Crippen MR) is 56.8 cm³/mol. The molecule has 2 rings (SSSR count). The minimum Gasteiger partial charge on any atom is -0.546 e. The van der Waals surface area contributed by atoms with Crippen LogP contribution in [-0.4, -0.2) is 25.7 Å². The number of benzene rings is 1. The molecule has 0 radical (unpaired) electrons. The van der Waals surface area contributed by atoms with Gasteiger partial charge in [0.2, 0.25) is 0 Å². The molecule has 16 heavy (non-hydrogen) atoms. The first kappa shape index (κ1) is 13.4. The molecular weight excluding hydrogens is 269 g/mol. The average molecular weight is 278 g/mol. The molecule has 0 saturated heterocycles. The fourth-order valence-corrected chi connectivity index (χ4v) is 1.90. The Labute approximate surface area is 114 Å². The SMILES string of the molecule is CN1CC(C(=O)[O-])Oc2ccc(Br)cc21.[Li+]. The third-order valence-electron chi connectivity index (χ3n) is 2.30. The number of rotatable bonds is 1. The van der Waals surface area contributed by atoms with Crippen LogP contribution < -0.4 is 33.6 Å². The number of aliphatic carboxylic acids is 1. The molecule has 1 aliphatic rings. The Balaban J connectivity index is 0.00000128. The fourth-order valence-electron chi connectivity index (χ4n) is 1.55. The van der Waals surface area contributed by atoms with Gasteiger partial charge < -0.3 is 19.5 Å². The monoisotopic (exact) mass is 277 g/mol. The molecule has 0 saturated carbocycles. The maximum absolute atomic E-state index is 10.7. The molecule has 6 heteroatoms. The van der Waals surface area contributed by atoms with Crippen LogP contribution in [0.3, 0.4) is 0 Å². The average Bonchev–Trinajstić information content (AvgIpc) is 2.18. The first-order valence-corrected chi connectivity index (χ1v) is 5.25. The van der Waals surface area contributed by atoms with E-state index in [2.05, 4.69) is 15.9 Å². The summed E-state index contributed by atoms with van der Waals surface area (Å²) in [4.78, 5) is 12.5. The normalized spacial score (nSPS) is 18.1. The molecule has 1 aliphatic heterocycles. The number of nitrogens with zero attached hydrogens (tertiary/aromatic N) is 1. The van der Waals surface area contributed by atoms with Gasteiger partial charge in [0, 0.05) is 11.5 Å². The first-order chi connectivity index (χ1) is 7.08. The predicted octanol–water partition coefficient (Wildman–Crippen LogP) is -2.60. The van der Waals surface area contributed by atoms with Crippen LogP contribution in [0, 0.1) is 0 Å². The molecule has 1 aromatic rings. The third kappa shape index (κ3) is 2.54. The van der Waals surface area contributed by atoms with E-state index in [9.17, 15) is 9.90 Å². The van der Waals surface area contributed by atoms with Crippen LogP contribution in [0.25, 0.3) is 0 Å². The van der Waals surface area contributed by atoms with Gasteiger partial charge in [0.05, 0.1) is 18.2 Å². The van der Waals surface area contributed by atoms with Crippen molar-refractivity contribution in [1.29, 1.82) is 0 Å². The van der Waals surface area contributed by atoms with Gasteiger partial charge in [-0.25, -0.2) is 0 Å². The third-order valence-corrected chi connectivity index (χ3v) is 2.80. The van der Waals surface area contributed by atoms with Crippen molar-refractivity contribution < 1.29 is 33.5 Å². The molecule has 1 aromatic carbocycles. The molecule has 1 heterocycles. The summed E-state index contributed by atoms with van der Waals surface area (Å²) in [6.07, 6.45) is -0.899. The van der Waals surface area contributed by atoms with Crippen molar-refractivity contribution in [3.05, 3.63) is 22.7 Å². The zero-order valence-electron chi connectivity index (χ0n) is 9.07. The van der Waals surface area contributed by atoms with E-state index < -0.39 is 12.1 Å². The summed E-state index contributed by atoms with van der Waals surface area (Å²) in [5.41, 5.74) is 0.877. The van der Waals surface area contributed by atoms with E-state index >= 15 is 0 Å². The van der Waals surface area contributed by atoms with Gasteiger partial charge in [0.15, 0.2) is 6.10 Å². The van der Waals surface area contributed by atoms with Gasteiger partial charge in [-0.15, -0.1) is 0 Å². The Hall–Kier alpha value is -0.633. The second-order valence-electron chi connectivity index (χ2n) is 3.42. The van der Waals surface area contributed by atoms with Gasteiger partial charge in [-0.1, -0.05) is 15.9 Å². The number of hydrogen-bond donors (Lipinski definition) is 0. The number of carboxylic acid groups (broad SMARTS) is 1. The second kappa shape index (κ2) is 5.13. The molecule has 4 nitrogen and oxygen atoms in total. The van der Waals surface area contributed by atoms with E-state index in [-0.39, 0.29) is 18.9 Å². The molecule has 0 fully saturated rings. The quantitative estimate of drug-likeness (QED) is 0.529. The molecule has 0 amide bonds. The Morgan fingerprint density at radius 1 is 1.62 bits per heavy atom. The summed E-state index contributed by atoms with van der Waals surface area (Å²) in [6, 6.07) is 5.44. The molecule has 0 spiro atoms. The number of anilines is 1. The molecule has 0 bridgehead atoms. The Morgan fingerprint density at radius 3 is 2.94 bits per heavy atom. The van der Waals surface area contributed by atoms with Crippen LogP contribution in [0.4, 0.5) is 5.69 Å². The largest absolute Gasteiger partial charge is 1.00 e. The van der Waals surface area contributed by atoms with Gasteiger partial charge in [0.25, 0.3) is 0 Å². The van der Waals surface area contributed by atoms with Crippen LogP contribution in [0.1, 0.15) is 0 Å². The number of carbonyl (C=O) groups excluding carboxylic acids is 1. The molecule has 1 atom stereocenters. The molecule has 80 valence electrons. The minimum atomic E-state index is -1.18. The number of ether oxygens (including phenoxy) is 1. The molecule has 0 aromatic heterocycles. The molecule has 0 N–H and O–H groups in total. The van der Waals surface area contributed by atoms with Crippen molar-refractivity contribution in [3.63, 3.8) is 0 Å². The number of halogens is 1. The number of hydrogen-bond acceptors (Lipinski definition) is 4. The van der Waals surface area contributed by atoms with Crippen molar-refractivity contribution in [2.24, 2.45) is 0 Å². The summed E-state index contributed by atoms with van der Waals surface area (Å²) >= 11 is 3.35. The summed E-state index contributed by atoms with van der Waals surface area (Å²) in [5.74, 6) is -0.614. The van der Waals surface area contributed by atoms with E-state index in [0.29, 0.717) is 12.3 Å². The van der Waals surface area contributed by atoms with Crippen molar-refractivity contribution in [3.8, 4) is 5.75 Å². The first-order valence-electron chi connectivity index (χ1n) is 4.46. The fraction of sp³-hybridized carbons (Fsp3) is 0.300. The van der Waals surface area contributed by atoms with Gasteiger partial charge in [-0.2, -0.15) is 0 Å². The van der Waals surface area contributed by atoms with Gasteiger partial charge in [0.1, 0.15) is 5.75 Å². The Bertz CT molecular complexity index is 413. The van der Waals surface area contributed by atoms with Crippen LogP contribution in [0.15, 0.2) is 22.7 Å². The minimum absolute atomic E-state index is 0. The zero-order chi connectivity index (χ0) is 11.0. The number of fused-ring (bicyclic) bond motifs is 1. The number of carboxylic acids is 1. The van der Waals surface area contributed by atoms with Crippen molar-refractivity contribution >= 4 is 27.6 Å². The smallest absolute Gasteiger partial charge is 0.546 e. The summed E-state index contributed by atoms with van der Waals surface area (Å²) < 4.78 is 6.23. The summed E-state index contributed by atoms with van der Waals surface area (Å²) in [7, 11) is 1.82. The van der Waals surface area contributed by atoms with Crippen LogP contribution in [0.5, 0.6) is 5.75 Å². The van der Waals surface area contributed by atoms with Crippen LogP contribution in [0.2, 0.25) is 0 Å².